The summed E-state index contributed by atoms with van der Waals surface area (Å²) in [4.78, 5) is 12.8. The monoisotopic (exact) mass is 282 g/mol. The van der Waals surface area contributed by atoms with Gasteiger partial charge in [-0.15, -0.1) is 0 Å². The van der Waals surface area contributed by atoms with Gasteiger partial charge in [0.1, 0.15) is 0 Å². The highest BCUT2D eigenvalue weighted by Crippen LogP contribution is 2.13. The van der Waals surface area contributed by atoms with Crippen LogP contribution in [0.5, 0.6) is 6.01 Å². The van der Waals surface area contributed by atoms with E-state index in [1.54, 1.807) is 0 Å². The number of nitrogens with one attached hydrogen (secondary N) is 2. The predicted molar refractivity (Wildman–Crippen MR) is 75.8 cm³/mol. The maximum Gasteiger partial charge on any atom is 0.323 e. The Kier molecular flexibility index (Phi) is 5.31. The number of aromatic nitrogens is 3. The Morgan fingerprint density at radius 3 is 2.55 bits per heavy atom. The van der Waals surface area contributed by atoms with Crippen LogP contribution in [0.4, 0.5) is 11.9 Å². The first kappa shape index (κ1) is 14.7. The molecule has 2 heterocycles. The van der Waals surface area contributed by atoms with Gasteiger partial charge in [-0.1, -0.05) is 0 Å². The van der Waals surface area contributed by atoms with Gasteiger partial charge < -0.3 is 14.8 Å². The quantitative estimate of drug-likeness (QED) is 0.790. The van der Waals surface area contributed by atoms with Gasteiger partial charge in [0.15, 0.2) is 0 Å². The van der Waals surface area contributed by atoms with Crippen molar-refractivity contribution < 1.29 is 9.47 Å². The number of ether oxygens (including phenoxy) is 2. The van der Waals surface area contributed by atoms with Crippen molar-refractivity contribution in [3.05, 3.63) is 0 Å². The Balaban J connectivity index is 2.10. The fourth-order valence-corrected chi connectivity index (χ4v) is 1.72. The average molecular weight is 282 g/mol. The van der Waals surface area contributed by atoms with E-state index in [2.05, 4.69) is 25.7 Å². The zero-order valence-electron chi connectivity index (χ0n) is 12.2. The summed E-state index contributed by atoms with van der Waals surface area (Å²) in [5.74, 6) is 0.988. The van der Waals surface area contributed by atoms with E-state index in [0.717, 1.165) is 19.6 Å². The van der Waals surface area contributed by atoms with Crippen molar-refractivity contribution in [2.24, 2.45) is 0 Å². The molecule has 112 valence electrons. The zero-order valence-corrected chi connectivity index (χ0v) is 12.2. The molecule has 20 heavy (non-hydrogen) atoms. The third-order valence-corrected chi connectivity index (χ3v) is 2.56. The SMILES string of the molecule is CCNc1nc(NN2CCOCC2)nc(OC(C)C)n1. The third kappa shape index (κ3) is 4.46. The molecule has 0 atom stereocenters. The molecule has 2 N–H and O–H groups in total. The minimum Gasteiger partial charge on any atom is -0.461 e. The van der Waals surface area contributed by atoms with Crippen molar-refractivity contribution >= 4 is 11.9 Å². The van der Waals surface area contributed by atoms with E-state index >= 15 is 0 Å². The van der Waals surface area contributed by atoms with E-state index in [9.17, 15) is 0 Å². The van der Waals surface area contributed by atoms with Gasteiger partial charge in [-0.2, -0.15) is 15.0 Å². The van der Waals surface area contributed by atoms with Gasteiger partial charge in [0.2, 0.25) is 11.9 Å². The first-order valence-electron chi connectivity index (χ1n) is 6.93. The molecule has 1 aliphatic rings. The van der Waals surface area contributed by atoms with Crippen LogP contribution in [0.2, 0.25) is 0 Å². The Morgan fingerprint density at radius 2 is 1.90 bits per heavy atom. The molecule has 1 fully saturated rings. The van der Waals surface area contributed by atoms with Crippen molar-refractivity contribution in [1.29, 1.82) is 0 Å². The van der Waals surface area contributed by atoms with Crippen molar-refractivity contribution in [3.8, 4) is 6.01 Å². The Hall–Kier alpha value is -1.67. The molecule has 2 rings (SSSR count). The second-order valence-electron chi connectivity index (χ2n) is 4.67. The van der Waals surface area contributed by atoms with Crippen LogP contribution >= 0.6 is 0 Å². The molecule has 0 saturated carbocycles. The topological polar surface area (TPSA) is 84.4 Å². The van der Waals surface area contributed by atoms with Crippen molar-refractivity contribution in [3.63, 3.8) is 0 Å². The zero-order chi connectivity index (χ0) is 14.4. The van der Waals surface area contributed by atoms with Gasteiger partial charge in [-0.25, -0.2) is 5.01 Å². The van der Waals surface area contributed by atoms with E-state index in [1.165, 1.54) is 0 Å². The molecule has 0 aliphatic carbocycles. The lowest BCUT2D eigenvalue weighted by Gasteiger charge is -2.27. The number of hydrogen-bond donors (Lipinski definition) is 2. The number of hydrogen-bond acceptors (Lipinski definition) is 8. The van der Waals surface area contributed by atoms with Crippen LogP contribution in [0.3, 0.4) is 0 Å². The molecule has 1 saturated heterocycles. The van der Waals surface area contributed by atoms with Crippen molar-refractivity contribution in [2.75, 3.05) is 43.6 Å². The molecule has 0 amide bonds. The molecule has 8 heteroatoms. The van der Waals surface area contributed by atoms with Crippen LogP contribution in [0.15, 0.2) is 0 Å². The fourth-order valence-electron chi connectivity index (χ4n) is 1.72. The summed E-state index contributed by atoms with van der Waals surface area (Å²) < 4.78 is 10.8. The van der Waals surface area contributed by atoms with E-state index in [4.69, 9.17) is 9.47 Å². The molecular weight excluding hydrogens is 260 g/mol. The van der Waals surface area contributed by atoms with Crippen LogP contribution in [0.25, 0.3) is 0 Å². The van der Waals surface area contributed by atoms with Gasteiger partial charge in [0.05, 0.1) is 19.3 Å². The molecule has 0 aromatic carbocycles. The number of hydrazine groups is 1. The molecule has 1 aromatic heterocycles. The highest BCUT2D eigenvalue weighted by atomic mass is 16.5. The second kappa shape index (κ2) is 7.20. The molecule has 1 aliphatic heterocycles. The van der Waals surface area contributed by atoms with Crippen LogP contribution in [-0.4, -0.2) is 58.9 Å². The summed E-state index contributed by atoms with van der Waals surface area (Å²) in [6, 6.07) is 0.321. The van der Waals surface area contributed by atoms with Crippen LogP contribution in [0.1, 0.15) is 20.8 Å². The van der Waals surface area contributed by atoms with E-state index in [1.807, 2.05) is 25.8 Å². The molecule has 0 bridgehead atoms. The van der Waals surface area contributed by atoms with Crippen LogP contribution in [0, 0.1) is 0 Å². The summed E-state index contributed by atoms with van der Waals surface area (Å²) in [6.45, 7) is 9.59. The molecular formula is C12H22N6O2. The maximum absolute atomic E-state index is 5.55. The normalized spacial score (nSPS) is 16.2. The number of morpholine rings is 1. The Bertz CT molecular complexity index is 422. The lowest BCUT2D eigenvalue weighted by molar-refractivity contribution is 0.0492. The van der Waals surface area contributed by atoms with E-state index in [-0.39, 0.29) is 6.10 Å². The summed E-state index contributed by atoms with van der Waals surface area (Å²) in [7, 11) is 0. The van der Waals surface area contributed by atoms with Gasteiger partial charge >= 0.3 is 6.01 Å². The van der Waals surface area contributed by atoms with Gasteiger partial charge in [0, 0.05) is 19.6 Å². The lowest BCUT2D eigenvalue weighted by Crippen LogP contribution is -2.40. The fraction of sp³-hybridized carbons (Fsp3) is 0.750. The minimum atomic E-state index is 0.0168. The molecule has 0 unspecified atom stereocenters. The second-order valence-corrected chi connectivity index (χ2v) is 4.67. The van der Waals surface area contributed by atoms with Gasteiger partial charge in [0.25, 0.3) is 0 Å². The summed E-state index contributed by atoms with van der Waals surface area (Å²) in [5.41, 5.74) is 3.16. The summed E-state index contributed by atoms with van der Waals surface area (Å²) >= 11 is 0. The first-order valence-corrected chi connectivity index (χ1v) is 6.93. The standard InChI is InChI=1S/C12H22N6O2/c1-4-13-10-14-11(16-12(15-10)20-9(2)3)17-18-5-7-19-8-6-18/h9H,4-8H2,1-3H3,(H2,13,14,15,16,17). The molecule has 8 nitrogen and oxygen atoms in total. The van der Waals surface area contributed by atoms with E-state index in [0.29, 0.717) is 31.1 Å². The minimum absolute atomic E-state index is 0.0168. The summed E-state index contributed by atoms with van der Waals surface area (Å²) in [5, 5.41) is 5.09. The highest BCUT2D eigenvalue weighted by molar-refractivity contribution is 5.35. The van der Waals surface area contributed by atoms with Gasteiger partial charge in [-0.3, -0.25) is 5.43 Å². The lowest BCUT2D eigenvalue weighted by atomic mass is 10.5. The average Bonchev–Trinajstić information content (AvgIpc) is 2.39. The number of anilines is 2. The first-order chi connectivity index (χ1) is 9.67. The van der Waals surface area contributed by atoms with Crippen LogP contribution in [-0.2, 0) is 4.74 Å². The van der Waals surface area contributed by atoms with Crippen LogP contribution < -0.4 is 15.5 Å². The van der Waals surface area contributed by atoms with Crippen molar-refractivity contribution in [1.82, 2.24) is 20.0 Å². The number of rotatable bonds is 6. The van der Waals surface area contributed by atoms with E-state index < -0.39 is 0 Å². The molecule has 0 radical (unpaired) electrons. The molecule has 0 spiro atoms. The largest absolute Gasteiger partial charge is 0.461 e. The smallest absolute Gasteiger partial charge is 0.323 e. The number of nitrogens with zero attached hydrogens (tertiary/aromatic N) is 4. The highest BCUT2D eigenvalue weighted by Gasteiger charge is 2.14. The maximum atomic E-state index is 5.55. The third-order valence-electron chi connectivity index (χ3n) is 2.56. The van der Waals surface area contributed by atoms with Crippen molar-refractivity contribution in [2.45, 2.75) is 26.9 Å². The predicted octanol–water partition coefficient (Wildman–Crippen LogP) is 0.750. The Morgan fingerprint density at radius 1 is 1.20 bits per heavy atom. The summed E-state index contributed by atoms with van der Waals surface area (Å²) in [6.07, 6.45) is 0.0168. The Labute approximate surface area is 118 Å². The molecule has 1 aromatic rings. The van der Waals surface area contributed by atoms with Gasteiger partial charge in [-0.05, 0) is 20.8 Å².